The third-order valence-electron chi connectivity index (χ3n) is 4.54. The number of amides is 2. The highest BCUT2D eigenvalue weighted by molar-refractivity contribution is 7.17. The second kappa shape index (κ2) is 8.75. The molecule has 0 radical (unpaired) electrons. The van der Waals surface area contributed by atoms with E-state index in [0.717, 1.165) is 10.4 Å². The molecule has 1 aliphatic heterocycles. The van der Waals surface area contributed by atoms with Gasteiger partial charge in [-0.3, -0.25) is 9.59 Å². The highest BCUT2D eigenvalue weighted by atomic mass is 35.5. The van der Waals surface area contributed by atoms with Crippen molar-refractivity contribution < 1.29 is 19.1 Å². The lowest BCUT2D eigenvalue weighted by Crippen LogP contribution is -2.34. The van der Waals surface area contributed by atoms with Crippen molar-refractivity contribution in [1.82, 2.24) is 4.90 Å². The number of thiophene rings is 1. The van der Waals surface area contributed by atoms with Gasteiger partial charge in [0, 0.05) is 23.4 Å². The number of carbonyl (C=O) groups is 3. The predicted octanol–water partition coefficient (Wildman–Crippen LogP) is 3.66. The smallest absolute Gasteiger partial charge is 0.341 e. The molecule has 0 spiro atoms. The fourth-order valence-electron chi connectivity index (χ4n) is 3.17. The summed E-state index contributed by atoms with van der Waals surface area (Å²) in [4.78, 5) is 39.4. The van der Waals surface area contributed by atoms with Crippen LogP contribution in [-0.4, -0.2) is 35.8 Å². The second-order valence-electron chi connectivity index (χ2n) is 6.44. The van der Waals surface area contributed by atoms with Gasteiger partial charge in [0.1, 0.15) is 5.00 Å². The minimum absolute atomic E-state index is 0.0129. The van der Waals surface area contributed by atoms with Crippen LogP contribution in [0.25, 0.3) is 0 Å². The maximum absolute atomic E-state index is 12.6. The van der Waals surface area contributed by atoms with E-state index < -0.39 is 5.97 Å². The van der Waals surface area contributed by atoms with E-state index in [1.54, 1.807) is 30.0 Å². The van der Waals surface area contributed by atoms with Gasteiger partial charge in [0.05, 0.1) is 25.1 Å². The molecule has 3 rings (SSSR count). The lowest BCUT2D eigenvalue weighted by molar-refractivity contribution is -0.129. The van der Waals surface area contributed by atoms with E-state index >= 15 is 0 Å². The highest BCUT2D eigenvalue weighted by Gasteiger charge is 2.30. The summed E-state index contributed by atoms with van der Waals surface area (Å²) in [6.45, 7) is 4.48. The summed E-state index contributed by atoms with van der Waals surface area (Å²) in [7, 11) is 0. The molecule has 0 saturated heterocycles. The zero-order chi connectivity index (χ0) is 20.3. The Bertz CT molecular complexity index is 925. The number of anilines is 1. The van der Waals surface area contributed by atoms with Crippen LogP contribution in [0.3, 0.4) is 0 Å². The minimum Gasteiger partial charge on any atom is -0.462 e. The van der Waals surface area contributed by atoms with Crippen LogP contribution in [0.5, 0.6) is 0 Å². The summed E-state index contributed by atoms with van der Waals surface area (Å²) in [6.07, 6.45) is 0.657. The number of benzene rings is 1. The van der Waals surface area contributed by atoms with Crippen LogP contribution in [0.4, 0.5) is 5.00 Å². The maximum atomic E-state index is 12.6. The predicted molar refractivity (Wildman–Crippen MR) is 109 cm³/mol. The van der Waals surface area contributed by atoms with Crippen molar-refractivity contribution in [3.63, 3.8) is 0 Å². The van der Waals surface area contributed by atoms with Crippen LogP contribution in [-0.2, 0) is 33.7 Å². The molecule has 2 aromatic rings. The van der Waals surface area contributed by atoms with E-state index in [2.05, 4.69) is 5.32 Å². The molecule has 0 atom stereocenters. The normalized spacial score (nSPS) is 13.0. The van der Waals surface area contributed by atoms with Gasteiger partial charge >= 0.3 is 5.97 Å². The Morgan fingerprint density at radius 3 is 2.71 bits per heavy atom. The third-order valence-corrected chi connectivity index (χ3v) is 6.04. The number of rotatable bonds is 5. The molecule has 0 unspecified atom stereocenters. The second-order valence-corrected chi connectivity index (χ2v) is 7.95. The van der Waals surface area contributed by atoms with Crippen LogP contribution >= 0.6 is 22.9 Å². The molecular formula is C20H21ClN2O4S. The summed E-state index contributed by atoms with van der Waals surface area (Å²) in [6, 6.07) is 7.14. The minimum atomic E-state index is -0.454. The Morgan fingerprint density at radius 2 is 2.04 bits per heavy atom. The molecular weight excluding hydrogens is 400 g/mol. The quantitative estimate of drug-likeness (QED) is 0.749. The lowest BCUT2D eigenvalue weighted by atomic mass is 10.0. The molecule has 1 aliphatic rings. The van der Waals surface area contributed by atoms with Crippen LogP contribution in [0, 0.1) is 0 Å². The molecule has 2 heterocycles. The molecule has 0 saturated carbocycles. The Morgan fingerprint density at radius 1 is 1.29 bits per heavy atom. The number of halogens is 1. The van der Waals surface area contributed by atoms with E-state index in [1.807, 2.05) is 6.07 Å². The van der Waals surface area contributed by atoms with Crippen LogP contribution in [0.2, 0.25) is 5.02 Å². The first-order valence-corrected chi connectivity index (χ1v) is 10.2. The number of fused-ring (bicyclic) bond motifs is 1. The number of nitrogens with one attached hydrogen (secondary N) is 1. The van der Waals surface area contributed by atoms with Gasteiger partial charge < -0.3 is 15.0 Å². The summed E-state index contributed by atoms with van der Waals surface area (Å²) < 4.78 is 5.20. The molecule has 1 aromatic carbocycles. The van der Waals surface area contributed by atoms with Gasteiger partial charge in [-0.25, -0.2) is 4.79 Å². The van der Waals surface area contributed by atoms with Crippen molar-refractivity contribution in [2.45, 2.75) is 33.2 Å². The van der Waals surface area contributed by atoms with Crippen molar-refractivity contribution in [3.8, 4) is 0 Å². The summed E-state index contributed by atoms with van der Waals surface area (Å²) in [5.41, 5.74) is 1.97. The molecule has 2 amide bonds. The average molecular weight is 421 g/mol. The number of hydrogen-bond acceptors (Lipinski definition) is 5. The summed E-state index contributed by atoms with van der Waals surface area (Å²) in [5.74, 6) is -0.731. The van der Waals surface area contributed by atoms with Crippen LogP contribution in [0.1, 0.15) is 40.2 Å². The van der Waals surface area contributed by atoms with Gasteiger partial charge in [-0.2, -0.15) is 0 Å². The Balaban J connectivity index is 1.87. The van der Waals surface area contributed by atoms with Crippen LogP contribution in [0.15, 0.2) is 24.3 Å². The molecule has 148 valence electrons. The fourth-order valence-corrected chi connectivity index (χ4v) is 4.64. The summed E-state index contributed by atoms with van der Waals surface area (Å²) >= 11 is 7.45. The first kappa shape index (κ1) is 20.4. The number of esters is 1. The van der Waals surface area contributed by atoms with E-state index in [4.69, 9.17) is 16.3 Å². The first-order valence-electron chi connectivity index (χ1n) is 9.01. The molecule has 6 nitrogen and oxygen atoms in total. The van der Waals surface area contributed by atoms with E-state index in [0.29, 0.717) is 40.7 Å². The largest absolute Gasteiger partial charge is 0.462 e. The topological polar surface area (TPSA) is 75.7 Å². The summed E-state index contributed by atoms with van der Waals surface area (Å²) in [5, 5.41) is 3.83. The monoisotopic (exact) mass is 420 g/mol. The van der Waals surface area contributed by atoms with Crippen LogP contribution < -0.4 is 5.32 Å². The lowest BCUT2D eigenvalue weighted by Gasteiger charge is -2.25. The van der Waals surface area contributed by atoms with Gasteiger partial charge in [0.15, 0.2) is 0 Å². The van der Waals surface area contributed by atoms with Crippen molar-refractivity contribution in [1.29, 1.82) is 0 Å². The fraction of sp³-hybridized carbons (Fsp3) is 0.350. The van der Waals surface area contributed by atoms with Gasteiger partial charge in [0.2, 0.25) is 11.8 Å². The first-order chi connectivity index (χ1) is 13.4. The van der Waals surface area contributed by atoms with Crippen molar-refractivity contribution >= 4 is 45.7 Å². The standard InChI is InChI=1S/C20H21ClN2O4S/c1-3-27-20(26)18-14-8-9-23(12(2)24)11-16(14)28-19(18)22-17(25)10-13-6-4-5-7-15(13)21/h4-7H,3,8-11H2,1-2H3,(H,22,25). The van der Waals surface area contributed by atoms with E-state index in [1.165, 1.54) is 18.3 Å². The molecule has 1 N–H and O–H groups in total. The number of nitrogens with zero attached hydrogens (tertiary/aromatic N) is 1. The van der Waals surface area contributed by atoms with Crippen molar-refractivity contribution in [2.24, 2.45) is 0 Å². The highest BCUT2D eigenvalue weighted by Crippen LogP contribution is 2.38. The third kappa shape index (κ3) is 4.36. The Kier molecular flexibility index (Phi) is 6.36. The SMILES string of the molecule is CCOC(=O)c1c(NC(=O)Cc2ccccc2Cl)sc2c1CCN(C(C)=O)C2. The zero-order valence-corrected chi connectivity index (χ0v) is 17.3. The van der Waals surface area contributed by atoms with Gasteiger partial charge in [-0.1, -0.05) is 29.8 Å². The molecule has 0 bridgehead atoms. The average Bonchev–Trinajstić information content (AvgIpc) is 3.00. The van der Waals surface area contributed by atoms with E-state index in [9.17, 15) is 14.4 Å². The van der Waals surface area contributed by atoms with Gasteiger partial charge in [-0.15, -0.1) is 11.3 Å². The molecule has 0 aliphatic carbocycles. The molecule has 28 heavy (non-hydrogen) atoms. The zero-order valence-electron chi connectivity index (χ0n) is 15.7. The Hall–Kier alpha value is -2.38. The van der Waals surface area contributed by atoms with Crippen molar-refractivity contribution in [3.05, 3.63) is 50.9 Å². The Labute approximate surface area is 172 Å². The van der Waals surface area contributed by atoms with Gasteiger partial charge in [0.25, 0.3) is 0 Å². The number of carbonyl (C=O) groups excluding carboxylic acids is 3. The molecule has 1 aromatic heterocycles. The maximum Gasteiger partial charge on any atom is 0.341 e. The van der Waals surface area contributed by atoms with E-state index in [-0.39, 0.29) is 24.8 Å². The van der Waals surface area contributed by atoms with Crippen molar-refractivity contribution in [2.75, 3.05) is 18.5 Å². The van der Waals surface area contributed by atoms with Gasteiger partial charge in [-0.05, 0) is 30.5 Å². The molecule has 8 heteroatoms. The number of ether oxygens (including phenoxy) is 1. The molecule has 0 fully saturated rings. The number of hydrogen-bond donors (Lipinski definition) is 1.